The van der Waals surface area contributed by atoms with Gasteiger partial charge in [0.1, 0.15) is 23.8 Å². The number of rotatable bonds is 5. The Morgan fingerprint density at radius 1 is 1.00 bits per heavy atom. The van der Waals surface area contributed by atoms with E-state index in [-0.39, 0.29) is 28.9 Å². The molecule has 0 bridgehead atoms. The fourth-order valence-electron chi connectivity index (χ4n) is 4.23. The van der Waals surface area contributed by atoms with Crippen LogP contribution in [0.25, 0.3) is 22.5 Å². The Labute approximate surface area is 177 Å². The van der Waals surface area contributed by atoms with Crippen LogP contribution >= 0.6 is 0 Å². The topological polar surface area (TPSA) is 51.0 Å². The first-order valence-electron chi connectivity index (χ1n) is 10.4. The summed E-state index contributed by atoms with van der Waals surface area (Å²) >= 11 is 0. The Morgan fingerprint density at radius 2 is 1.77 bits per heavy atom. The Hall–Kier alpha value is -3.16. The lowest BCUT2D eigenvalue weighted by atomic mass is 10.0. The molecule has 1 atom stereocenters. The largest absolute Gasteiger partial charge is 0.342 e. The van der Waals surface area contributed by atoms with Crippen molar-refractivity contribution in [1.29, 1.82) is 0 Å². The third-order valence-electron chi connectivity index (χ3n) is 6.05. The maximum atomic E-state index is 14.9. The first kappa shape index (κ1) is 19.8. The first-order chi connectivity index (χ1) is 15.0. The molecule has 0 spiro atoms. The molecule has 8 heteroatoms. The third kappa shape index (κ3) is 3.94. The fourth-order valence-corrected chi connectivity index (χ4v) is 4.23. The molecule has 3 aromatic rings. The van der Waals surface area contributed by atoms with E-state index < -0.39 is 17.5 Å². The Morgan fingerprint density at radius 3 is 2.52 bits per heavy atom. The van der Waals surface area contributed by atoms with Crippen LogP contribution in [0.3, 0.4) is 0 Å². The second-order valence-corrected chi connectivity index (χ2v) is 8.34. The first-order valence-corrected chi connectivity index (χ1v) is 10.4. The van der Waals surface area contributed by atoms with Gasteiger partial charge in [0.25, 0.3) is 0 Å². The molecule has 0 N–H and O–H groups in total. The molecule has 31 heavy (non-hydrogen) atoms. The van der Waals surface area contributed by atoms with E-state index in [9.17, 15) is 18.0 Å². The van der Waals surface area contributed by atoms with Crippen LogP contribution in [-0.2, 0) is 11.3 Å². The van der Waals surface area contributed by atoms with E-state index in [1.807, 2.05) is 4.90 Å². The molecule has 1 amide bonds. The number of halogens is 3. The molecule has 5 nitrogen and oxygen atoms in total. The minimum atomic E-state index is -0.748. The lowest BCUT2D eigenvalue weighted by Crippen LogP contribution is -2.30. The highest BCUT2D eigenvalue weighted by Gasteiger charge is 2.36. The summed E-state index contributed by atoms with van der Waals surface area (Å²) in [4.78, 5) is 14.2. The molecule has 2 aromatic carbocycles. The average molecular weight is 426 g/mol. The van der Waals surface area contributed by atoms with Gasteiger partial charge in [-0.3, -0.25) is 4.79 Å². The molecule has 1 aliphatic heterocycles. The zero-order valence-corrected chi connectivity index (χ0v) is 16.8. The minimum Gasteiger partial charge on any atom is -0.342 e. The van der Waals surface area contributed by atoms with Gasteiger partial charge in [-0.15, -0.1) is 10.2 Å². The molecule has 5 rings (SSSR count). The van der Waals surface area contributed by atoms with Gasteiger partial charge in [-0.2, -0.15) is 0 Å². The van der Waals surface area contributed by atoms with Crippen LogP contribution in [0.5, 0.6) is 0 Å². The van der Waals surface area contributed by atoms with E-state index in [2.05, 4.69) is 10.2 Å². The van der Waals surface area contributed by atoms with Crippen LogP contribution in [0.15, 0.2) is 42.7 Å². The summed E-state index contributed by atoms with van der Waals surface area (Å²) in [7, 11) is 0. The van der Waals surface area contributed by atoms with Crippen molar-refractivity contribution in [2.75, 3.05) is 13.1 Å². The molecule has 1 aromatic heterocycles. The van der Waals surface area contributed by atoms with Crippen LogP contribution in [0.2, 0.25) is 0 Å². The van der Waals surface area contributed by atoms with Gasteiger partial charge in [0.05, 0.1) is 5.56 Å². The molecular weight excluding hydrogens is 405 g/mol. The van der Waals surface area contributed by atoms with E-state index in [0.717, 1.165) is 37.9 Å². The smallest absolute Gasteiger partial charge is 0.225 e. The van der Waals surface area contributed by atoms with Gasteiger partial charge in [-0.1, -0.05) is 6.07 Å². The van der Waals surface area contributed by atoms with Gasteiger partial charge in [-0.05, 0) is 55.0 Å². The van der Waals surface area contributed by atoms with Gasteiger partial charge in [0.2, 0.25) is 5.91 Å². The number of carbonyl (C=O) groups excluding carboxylic acids is 1. The second-order valence-electron chi connectivity index (χ2n) is 8.34. The highest BCUT2D eigenvalue weighted by Crippen LogP contribution is 2.34. The summed E-state index contributed by atoms with van der Waals surface area (Å²) in [5, 5.41) is 8.02. The number of hydrogen-bond acceptors (Lipinski definition) is 3. The Kier molecular flexibility index (Phi) is 5.00. The third-order valence-corrected chi connectivity index (χ3v) is 6.05. The molecule has 1 saturated carbocycles. The molecule has 2 fully saturated rings. The predicted molar refractivity (Wildman–Crippen MR) is 108 cm³/mol. The summed E-state index contributed by atoms with van der Waals surface area (Å²) in [6.07, 6.45) is 4.44. The maximum Gasteiger partial charge on any atom is 0.225 e. The van der Waals surface area contributed by atoms with Gasteiger partial charge in [-0.25, -0.2) is 13.2 Å². The minimum absolute atomic E-state index is 0.125. The molecule has 2 heterocycles. The Balaban J connectivity index is 1.35. The van der Waals surface area contributed by atoms with Crippen molar-refractivity contribution in [3.8, 4) is 22.5 Å². The van der Waals surface area contributed by atoms with Gasteiger partial charge in [0, 0.05) is 37.2 Å². The van der Waals surface area contributed by atoms with Crippen molar-refractivity contribution in [3.05, 3.63) is 60.2 Å². The number of aromatic nitrogens is 3. The second kappa shape index (κ2) is 7.83. The molecular formula is C23H21F3N4O. The zero-order valence-electron chi connectivity index (χ0n) is 16.8. The lowest BCUT2D eigenvalue weighted by molar-refractivity contribution is -0.131. The molecule has 160 valence electrons. The van der Waals surface area contributed by atoms with Crippen molar-refractivity contribution in [3.63, 3.8) is 0 Å². The Bertz CT molecular complexity index is 1140. The maximum absolute atomic E-state index is 14.9. The average Bonchev–Trinajstić information content (AvgIpc) is 3.32. The van der Waals surface area contributed by atoms with Crippen molar-refractivity contribution < 1.29 is 18.0 Å². The quantitative estimate of drug-likeness (QED) is 0.612. The number of likely N-dealkylation sites (tertiary alicyclic amines) is 1. The monoisotopic (exact) mass is 426 g/mol. The lowest BCUT2D eigenvalue weighted by Gasteiger charge is -2.17. The summed E-state index contributed by atoms with van der Waals surface area (Å²) in [6, 6.07) is 7.54. The van der Waals surface area contributed by atoms with E-state index in [1.165, 1.54) is 18.2 Å². The van der Waals surface area contributed by atoms with Gasteiger partial charge < -0.3 is 9.47 Å². The van der Waals surface area contributed by atoms with E-state index in [1.54, 1.807) is 17.0 Å². The molecule has 0 unspecified atom stereocenters. The van der Waals surface area contributed by atoms with Crippen molar-refractivity contribution >= 4 is 5.91 Å². The van der Waals surface area contributed by atoms with Crippen molar-refractivity contribution in [1.82, 2.24) is 19.7 Å². The van der Waals surface area contributed by atoms with Crippen LogP contribution in [0.1, 0.15) is 19.3 Å². The number of benzene rings is 2. The normalized spacial score (nSPS) is 18.5. The fraction of sp³-hybridized carbons (Fsp3) is 0.348. The van der Waals surface area contributed by atoms with E-state index in [0.29, 0.717) is 24.5 Å². The van der Waals surface area contributed by atoms with Crippen molar-refractivity contribution in [2.24, 2.45) is 11.8 Å². The van der Waals surface area contributed by atoms with Crippen LogP contribution in [0.4, 0.5) is 13.2 Å². The van der Waals surface area contributed by atoms with E-state index >= 15 is 0 Å². The number of amides is 1. The standard InChI is InChI=1S/C23H21F3N4O/c24-17-4-6-18(21(26)10-17)16-3-5-19(20(25)9-16)22-28-27-13-30(22)12-14-7-8-29(11-14)23(31)15-1-2-15/h3-6,9-10,13-15H,1-2,7-8,11-12H2/t14-/m0/s1. The van der Waals surface area contributed by atoms with Crippen LogP contribution < -0.4 is 0 Å². The summed E-state index contributed by atoms with van der Waals surface area (Å²) in [5.74, 6) is -0.891. The number of carbonyl (C=O) groups is 1. The summed E-state index contributed by atoms with van der Waals surface area (Å²) in [6.45, 7) is 2.03. The number of hydrogen-bond donors (Lipinski definition) is 0. The van der Waals surface area contributed by atoms with Gasteiger partial charge >= 0.3 is 0 Å². The molecule has 1 saturated heterocycles. The molecule has 0 radical (unpaired) electrons. The molecule has 1 aliphatic carbocycles. The van der Waals surface area contributed by atoms with Crippen LogP contribution in [-0.4, -0.2) is 38.7 Å². The highest BCUT2D eigenvalue weighted by molar-refractivity contribution is 5.81. The van der Waals surface area contributed by atoms with Gasteiger partial charge in [0.15, 0.2) is 5.82 Å². The van der Waals surface area contributed by atoms with E-state index in [4.69, 9.17) is 0 Å². The molecule has 2 aliphatic rings. The summed E-state index contributed by atoms with van der Waals surface area (Å²) in [5.41, 5.74) is 0.696. The SMILES string of the molecule is O=C(C1CC1)N1CC[C@H](Cn2cnnc2-c2ccc(-c3ccc(F)cc3F)cc2F)C1. The number of nitrogens with zero attached hydrogens (tertiary/aromatic N) is 4. The zero-order chi connectivity index (χ0) is 21.5. The van der Waals surface area contributed by atoms with Crippen molar-refractivity contribution in [2.45, 2.75) is 25.8 Å². The summed E-state index contributed by atoms with van der Waals surface area (Å²) < 4.78 is 44.0. The predicted octanol–water partition coefficient (Wildman–Crippen LogP) is 4.29. The highest BCUT2D eigenvalue weighted by atomic mass is 19.1. The van der Waals surface area contributed by atoms with Crippen LogP contribution in [0, 0.1) is 29.3 Å².